The van der Waals surface area contributed by atoms with Gasteiger partial charge in [0.1, 0.15) is 11.6 Å². The summed E-state index contributed by atoms with van der Waals surface area (Å²) in [5, 5.41) is 3.37. The summed E-state index contributed by atoms with van der Waals surface area (Å²) in [5.74, 6) is 1.51. The second-order valence-electron chi connectivity index (χ2n) is 4.59. The van der Waals surface area contributed by atoms with Crippen molar-refractivity contribution in [1.29, 1.82) is 0 Å². The molecule has 0 unspecified atom stereocenters. The number of hydrogen-bond donors (Lipinski definition) is 2. The average Bonchev–Trinajstić information content (AvgIpc) is 2.33. The van der Waals surface area contributed by atoms with Crippen molar-refractivity contribution in [3.05, 3.63) is 22.2 Å². The number of rotatable bonds is 7. The fourth-order valence-corrected chi connectivity index (χ4v) is 1.75. The van der Waals surface area contributed by atoms with Crippen LogP contribution in [0, 0.1) is 0 Å². The van der Waals surface area contributed by atoms with Gasteiger partial charge >= 0.3 is 0 Å². The normalized spacial score (nSPS) is 10.9. The van der Waals surface area contributed by atoms with Gasteiger partial charge in [-0.2, -0.15) is 0 Å². The molecular weight excluding hydrogens is 228 g/mol. The summed E-state index contributed by atoms with van der Waals surface area (Å²) in [6, 6.07) is 2.04. The largest absolute Gasteiger partial charge is 0.355 e. The van der Waals surface area contributed by atoms with Crippen LogP contribution in [0.2, 0.25) is 0 Å². The second-order valence-corrected chi connectivity index (χ2v) is 4.59. The summed E-state index contributed by atoms with van der Waals surface area (Å²) in [6.45, 7) is 10.9. The fourth-order valence-electron chi connectivity index (χ4n) is 1.75. The zero-order valence-corrected chi connectivity index (χ0v) is 11.8. The molecule has 0 aliphatic carbocycles. The molecule has 0 fully saturated rings. The number of aryl methyl sites for hydroxylation is 1. The minimum atomic E-state index is -0.0767. The highest BCUT2D eigenvalue weighted by atomic mass is 16.1. The van der Waals surface area contributed by atoms with E-state index in [1.54, 1.807) is 6.07 Å². The van der Waals surface area contributed by atoms with Crippen molar-refractivity contribution in [3.8, 4) is 0 Å². The molecule has 0 radical (unpaired) electrons. The number of likely N-dealkylation sites (N-methyl/N-ethyl adjacent to an activating group) is 1. The molecule has 0 saturated carbocycles. The quantitative estimate of drug-likeness (QED) is 0.764. The number of hydrogen-bond acceptors (Lipinski definition) is 4. The molecule has 0 aromatic carbocycles. The Balaban J connectivity index is 2.75. The molecule has 1 aromatic rings. The predicted molar refractivity (Wildman–Crippen MR) is 75.3 cm³/mol. The summed E-state index contributed by atoms with van der Waals surface area (Å²) in [5.41, 5.74) is -0.0767. The third kappa shape index (κ3) is 4.49. The topological polar surface area (TPSA) is 61.0 Å². The maximum Gasteiger partial charge on any atom is 0.252 e. The van der Waals surface area contributed by atoms with E-state index in [0.717, 1.165) is 37.7 Å². The lowest BCUT2D eigenvalue weighted by Gasteiger charge is -2.22. The molecule has 1 heterocycles. The molecule has 18 heavy (non-hydrogen) atoms. The molecule has 5 heteroatoms. The maximum atomic E-state index is 11.5. The maximum absolute atomic E-state index is 11.5. The van der Waals surface area contributed by atoms with Crippen molar-refractivity contribution in [2.24, 2.45) is 0 Å². The number of aromatic nitrogens is 2. The Hall–Kier alpha value is -1.36. The molecule has 5 nitrogen and oxygen atoms in total. The van der Waals surface area contributed by atoms with Crippen LogP contribution in [0.3, 0.4) is 0 Å². The van der Waals surface area contributed by atoms with Gasteiger partial charge < -0.3 is 15.2 Å². The third-order valence-corrected chi connectivity index (χ3v) is 2.75. The SMILES string of the molecule is CCc1nc(N(CC)CCNC(C)C)cc(=O)[nH]1. The molecule has 0 atom stereocenters. The second kappa shape index (κ2) is 7.16. The Bertz CT molecular complexity index is 414. The summed E-state index contributed by atoms with van der Waals surface area (Å²) in [4.78, 5) is 20.9. The highest BCUT2D eigenvalue weighted by Gasteiger charge is 2.08. The fraction of sp³-hybridized carbons (Fsp3) is 0.692. The lowest BCUT2D eigenvalue weighted by molar-refractivity contribution is 0.581. The van der Waals surface area contributed by atoms with E-state index in [9.17, 15) is 4.79 Å². The highest BCUT2D eigenvalue weighted by molar-refractivity contribution is 5.37. The molecule has 1 aromatic heterocycles. The van der Waals surface area contributed by atoms with E-state index in [0.29, 0.717) is 6.04 Å². The van der Waals surface area contributed by atoms with Crippen LogP contribution in [0.15, 0.2) is 10.9 Å². The monoisotopic (exact) mass is 252 g/mol. The molecule has 0 amide bonds. The molecule has 0 aliphatic rings. The van der Waals surface area contributed by atoms with Crippen LogP contribution in [0.4, 0.5) is 5.82 Å². The predicted octanol–water partition coefficient (Wildman–Crippen LogP) is 1.16. The van der Waals surface area contributed by atoms with Crippen LogP contribution in [-0.2, 0) is 6.42 Å². The zero-order chi connectivity index (χ0) is 13.5. The van der Waals surface area contributed by atoms with Crippen LogP contribution in [0.1, 0.15) is 33.5 Å². The van der Waals surface area contributed by atoms with Crippen LogP contribution in [0.5, 0.6) is 0 Å². The molecule has 0 saturated heterocycles. The zero-order valence-electron chi connectivity index (χ0n) is 11.8. The summed E-state index contributed by atoms with van der Waals surface area (Å²) in [6.07, 6.45) is 0.741. The van der Waals surface area contributed by atoms with Gasteiger partial charge in [-0.25, -0.2) is 4.98 Å². The molecule has 2 N–H and O–H groups in total. The van der Waals surface area contributed by atoms with Gasteiger partial charge in [-0.05, 0) is 6.92 Å². The first kappa shape index (κ1) is 14.7. The van der Waals surface area contributed by atoms with Gasteiger partial charge in [0, 0.05) is 38.2 Å². The minimum absolute atomic E-state index is 0.0767. The smallest absolute Gasteiger partial charge is 0.252 e. The number of aromatic amines is 1. The lowest BCUT2D eigenvalue weighted by Crippen LogP contribution is -2.36. The van der Waals surface area contributed by atoms with Gasteiger partial charge in [-0.3, -0.25) is 4.79 Å². The third-order valence-electron chi connectivity index (χ3n) is 2.75. The standard InChI is InChI=1S/C13H24N4O/c1-5-11-15-12(9-13(18)16-11)17(6-2)8-7-14-10(3)4/h9-10,14H,5-8H2,1-4H3,(H,15,16,18). The Labute approximate surface area is 109 Å². The molecule has 102 valence electrons. The van der Waals surface area contributed by atoms with Gasteiger partial charge in [-0.1, -0.05) is 20.8 Å². The van der Waals surface area contributed by atoms with Gasteiger partial charge in [0.2, 0.25) is 0 Å². The highest BCUT2D eigenvalue weighted by Crippen LogP contribution is 2.07. The van der Waals surface area contributed by atoms with Gasteiger partial charge in [0.15, 0.2) is 0 Å². The van der Waals surface area contributed by atoms with Gasteiger partial charge in [-0.15, -0.1) is 0 Å². The molecule has 0 aliphatic heterocycles. The van der Waals surface area contributed by atoms with Crippen molar-refractivity contribution in [2.75, 3.05) is 24.5 Å². The molecule has 0 spiro atoms. The van der Waals surface area contributed by atoms with E-state index in [1.165, 1.54) is 0 Å². The van der Waals surface area contributed by atoms with E-state index in [-0.39, 0.29) is 5.56 Å². The van der Waals surface area contributed by atoms with E-state index in [1.807, 2.05) is 6.92 Å². The Morgan fingerprint density at radius 3 is 2.72 bits per heavy atom. The Morgan fingerprint density at radius 2 is 2.17 bits per heavy atom. The Morgan fingerprint density at radius 1 is 1.44 bits per heavy atom. The first-order valence-electron chi connectivity index (χ1n) is 6.65. The van der Waals surface area contributed by atoms with Crippen LogP contribution in [0.25, 0.3) is 0 Å². The van der Waals surface area contributed by atoms with Crippen molar-refractivity contribution in [1.82, 2.24) is 15.3 Å². The summed E-state index contributed by atoms with van der Waals surface area (Å²) < 4.78 is 0. The summed E-state index contributed by atoms with van der Waals surface area (Å²) in [7, 11) is 0. The van der Waals surface area contributed by atoms with Crippen LogP contribution < -0.4 is 15.8 Å². The van der Waals surface area contributed by atoms with E-state index >= 15 is 0 Å². The molecular formula is C13H24N4O. The number of anilines is 1. The van der Waals surface area contributed by atoms with E-state index < -0.39 is 0 Å². The number of nitrogens with one attached hydrogen (secondary N) is 2. The van der Waals surface area contributed by atoms with Crippen molar-refractivity contribution in [2.45, 2.75) is 40.2 Å². The van der Waals surface area contributed by atoms with E-state index in [2.05, 4.69) is 41.0 Å². The lowest BCUT2D eigenvalue weighted by atomic mass is 10.3. The van der Waals surface area contributed by atoms with Crippen molar-refractivity contribution < 1.29 is 0 Å². The molecule has 1 rings (SSSR count). The molecule has 0 bridgehead atoms. The first-order chi connectivity index (χ1) is 8.56. The number of nitrogens with zero attached hydrogens (tertiary/aromatic N) is 2. The van der Waals surface area contributed by atoms with Crippen LogP contribution >= 0.6 is 0 Å². The van der Waals surface area contributed by atoms with Gasteiger partial charge in [0.25, 0.3) is 5.56 Å². The first-order valence-corrected chi connectivity index (χ1v) is 6.65. The summed E-state index contributed by atoms with van der Waals surface area (Å²) >= 11 is 0. The average molecular weight is 252 g/mol. The van der Waals surface area contributed by atoms with Crippen molar-refractivity contribution in [3.63, 3.8) is 0 Å². The van der Waals surface area contributed by atoms with Gasteiger partial charge in [0.05, 0.1) is 0 Å². The minimum Gasteiger partial charge on any atom is -0.355 e. The number of H-pyrrole nitrogens is 1. The van der Waals surface area contributed by atoms with Crippen molar-refractivity contribution >= 4 is 5.82 Å². The Kier molecular flexibility index (Phi) is 5.85. The van der Waals surface area contributed by atoms with E-state index in [4.69, 9.17) is 0 Å². The van der Waals surface area contributed by atoms with Crippen LogP contribution in [-0.4, -0.2) is 35.6 Å².